The Labute approximate surface area is 115 Å². The molecule has 104 valence electrons. The summed E-state index contributed by atoms with van der Waals surface area (Å²) in [7, 11) is 0. The molecule has 19 heavy (non-hydrogen) atoms. The van der Waals surface area contributed by atoms with Crippen LogP contribution >= 0.6 is 0 Å². The van der Waals surface area contributed by atoms with Crippen LogP contribution in [0.15, 0.2) is 18.3 Å². The number of nitrogens with one attached hydrogen (secondary N) is 2. The Kier molecular flexibility index (Phi) is 5.19. The molecule has 2 amide bonds. The molecule has 0 spiro atoms. The lowest BCUT2D eigenvalue weighted by Gasteiger charge is -2.21. The third kappa shape index (κ3) is 4.89. The molecule has 4 nitrogen and oxygen atoms in total. The number of amides is 2. The zero-order valence-electron chi connectivity index (χ0n) is 11.6. The van der Waals surface area contributed by atoms with Gasteiger partial charge in [0, 0.05) is 12.2 Å². The maximum absolute atomic E-state index is 11.7. The molecule has 1 aromatic rings. The predicted octanol–water partition coefficient (Wildman–Crippen LogP) is 3.48. The van der Waals surface area contributed by atoms with E-state index in [1.165, 1.54) is 32.1 Å². The molecule has 2 rings (SSSR count). The summed E-state index contributed by atoms with van der Waals surface area (Å²) in [5.74, 6) is 0.801. The fourth-order valence-corrected chi connectivity index (χ4v) is 2.58. The van der Waals surface area contributed by atoms with E-state index in [1.54, 1.807) is 6.20 Å². The molecule has 0 unspecified atom stereocenters. The number of aromatic nitrogens is 1. The minimum absolute atomic E-state index is 0.138. The average molecular weight is 261 g/mol. The maximum Gasteiger partial charge on any atom is 0.319 e. The van der Waals surface area contributed by atoms with Crippen molar-refractivity contribution in [1.29, 1.82) is 0 Å². The molecule has 1 heterocycles. The summed E-state index contributed by atoms with van der Waals surface area (Å²) in [4.78, 5) is 15.8. The first-order chi connectivity index (χ1) is 9.24. The van der Waals surface area contributed by atoms with Crippen LogP contribution in [0.2, 0.25) is 0 Å². The molecule has 4 heteroatoms. The van der Waals surface area contributed by atoms with Gasteiger partial charge in [0.05, 0.1) is 11.9 Å². The molecule has 0 saturated heterocycles. The van der Waals surface area contributed by atoms with Crippen molar-refractivity contribution in [3.8, 4) is 0 Å². The van der Waals surface area contributed by atoms with Crippen LogP contribution in [0.1, 0.15) is 44.2 Å². The Bertz CT molecular complexity index is 396. The SMILES string of the molecule is Cc1ccc(NC(=O)NCCC2CCCCC2)cn1. The second-order valence-corrected chi connectivity index (χ2v) is 5.36. The van der Waals surface area contributed by atoms with Gasteiger partial charge in [-0.05, 0) is 31.4 Å². The highest BCUT2D eigenvalue weighted by Crippen LogP contribution is 2.25. The summed E-state index contributed by atoms with van der Waals surface area (Å²) < 4.78 is 0. The minimum atomic E-state index is -0.138. The van der Waals surface area contributed by atoms with Crippen LogP contribution in [-0.4, -0.2) is 17.6 Å². The van der Waals surface area contributed by atoms with Gasteiger partial charge < -0.3 is 10.6 Å². The zero-order chi connectivity index (χ0) is 13.5. The van der Waals surface area contributed by atoms with E-state index in [0.717, 1.165) is 30.3 Å². The van der Waals surface area contributed by atoms with Crippen LogP contribution < -0.4 is 10.6 Å². The van der Waals surface area contributed by atoms with E-state index in [4.69, 9.17) is 0 Å². The first-order valence-electron chi connectivity index (χ1n) is 7.21. The number of carbonyl (C=O) groups is 1. The predicted molar refractivity (Wildman–Crippen MR) is 77.2 cm³/mol. The van der Waals surface area contributed by atoms with Gasteiger partial charge in [0.15, 0.2) is 0 Å². The number of pyridine rings is 1. The lowest BCUT2D eigenvalue weighted by molar-refractivity contribution is 0.250. The Morgan fingerprint density at radius 1 is 1.32 bits per heavy atom. The van der Waals surface area contributed by atoms with Crippen LogP contribution in [0.5, 0.6) is 0 Å². The number of rotatable bonds is 4. The first-order valence-corrected chi connectivity index (χ1v) is 7.21. The van der Waals surface area contributed by atoms with Crippen molar-refractivity contribution >= 4 is 11.7 Å². The summed E-state index contributed by atoms with van der Waals surface area (Å²) in [6.07, 6.45) is 9.51. The number of hydrogen-bond acceptors (Lipinski definition) is 2. The molecular weight excluding hydrogens is 238 g/mol. The second kappa shape index (κ2) is 7.12. The van der Waals surface area contributed by atoms with Gasteiger partial charge in [-0.1, -0.05) is 32.1 Å². The molecular formula is C15H23N3O. The van der Waals surface area contributed by atoms with Gasteiger partial charge in [0.1, 0.15) is 0 Å². The van der Waals surface area contributed by atoms with E-state index in [9.17, 15) is 4.79 Å². The Morgan fingerprint density at radius 3 is 2.79 bits per heavy atom. The number of urea groups is 1. The smallest absolute Gasteiger partial charge is 0.319 e. The van der Waals surface area contributed by atoms with Gasteiger partial charge >= 0.3 is 6.03 Å². The zero-order valence-corrected chi connectivity index (χ0v) is 11.6. The van der Waals surface area contributed by atoms with Gasteiger partial charge in [-0.2, -0.15) is 0 Å². The standard InChI is InChI=1S/C15H23N3O/c1-12-7-8-14(11-17-12)18-15(19)16-10-9-13-5-3-2-4-6-13/h7-8,11,13H,2-6,9-10H2,1H3,(H2,16,18,19). The van der Waals surface area contributed by atoms with E-state index >= 15 is 0 Å². The molecule has 1 saturated carbocycles. The van der Waals surface area contributed by atoms with E-state index < -0.39 is 0 Å². The van der Waals surface area contributed by atoms with E-state index in [0.29, 0.717) is 0 Å². The monoisotopic (exact) mass is 261 g/mol. The molecule has 0 radical (unpaired) electrons. The van der Waals surface area contributed by atoms with Crippen LogP contribution in [0.25, 0.3) is 0 Å². The number of anilines is 1. The Balaban J connectivity index is 1.65. The molecule has 1 fully saturated rings. The third-order valence-corrected chi connectivity index (χ3v) is 3.73. The van der Waals surface area contributed by atoms with E-state index in [1.807, 2.05) is 19.1 Å². The van der Waals surface area contributed by atoms with Crippen molar-refractivity contribution in [2.24, 2.45) is 5.92 Å². The summed E-state index contributed by atoms with van der Waals surface area (Å²) >= 11 is 0. The molecule has 2 N–H and O–H groups in total. The third-order valence-electron chi connectivity index (χ3n) is 3.73. The Hall–Kier alpha value is -1.58. The van der Waals surface area contributed by atoms with Crippen molar-refractivity contribution in [3.63, 3.8) is 0 Å². The van der Waals surface area contributed by atoms with Crippen molar-refractivity contribution in [2.75, 3.05) is 11.9 Å². The van der Waals surface area contributed by atoms with Gasteiger partial charge in [-0.25, -0.2) is 4.79 Å². The highest BCUT2D eigenvalue weighted by atomic mass is 16.2. The maximum atomic E-state index is 11.7. The van der Waals surface area contributed by atoms with Gasteiger partial charge in [0.2, 0.25) is 0 Å². The van der Waals surface area contributed by atoms with E-state index in [2.05, 4.69) is 15.6 Å². The van der Waals surface area contributed by atoms with Crippen molar-refractivity contribution < 1.29 is 4.79 Å². The van der Waals surface area contributed by atoms with Gasteiger partial charge in [-0.15, -0.1) is 0 Å². The number of nitrogens with zero attached hydrogens (tertiary/aromatic N) is 1. The van der Waals surface area contributed by atoms with Crippen molar-refractivity contribution in [3.05, 3.63) is 24.0 Å². The summed E-state index contributed by atoms with van der Waals surface area (Å²) in [5.41, 5.74) is 1.68. The normalized spacial score (nSPS) is 16.1. The van der Waals surface area contributed by atoms with Gasteiger partial charge in [-0.3, -0.25) is 4.98 Å². The number of carbonyl (C=O) groups excluding carboxylic acids is 1. The highest BCUT2D eigenvalue weighted by molar-refractivity contribution is 5.88. The van der Waals surface area contributed by atoms with Crippen molar-refractivity contribution in [1.82, 2.24) is 10.3 Å². The number of hydrogen-bond donors (Lipinski definition) is 2. The fourth-order valence-electron chi connectivity index (χ4n) is 2.58. The molecule has 0 aromatic carbocycles. The highest BCUT2D eigenvalue weighted by Gasteiger charge is 2.13. The lowest BCUT2D eigenvalue weighted by Crippen LogP contribution is -2.30. The molecule has 1 aliphatic carbocycles. The molecule has 0 bridgehead atoms. The first kappa shape index (κ1) is 13.8. The lowest BCUT2D eigenvalue weighted by atomic mass is 9.87. The summed E-state index contributed by atoms with van der Waals surface area (Å²) in [5, 5.41) is 5.71. The minimum Gasteiger partial charge on any atom is -0.338 e. The van der Waals surface area contributed by atoms with Gasteiger partial charge in [0.25, 0.3) is 0 Å². The quantitative estimate of drug-likeness (QED) is 0.871. The van der Waals surface area contributed by atoms with Crippen LogP contribution in [0.3, 0.4) is 0 Å². The van der Waals surface area contributed by atoms with Crippen molar-refractivity contribution in [2.45, 2.75) is 45.4 Å². The molecule has 1 aromatic heterocycles. The molecule has 0 atom stereocenters. The summed E-state index contributed by atoms with van der Waals surface area (Å²) in [6.45, 7) is 2.68. The summed E-state index contributed by atoms with van der Waals surface area (Å²) in [6, 6.07) is 3.61. The topological polar surface area (TPSA) is 54.0 Å². The molecule has 0 aliphatic heterocycles. The fraction of sp³-hybridized carbons (Fsp3) is 0.600. The van der Waals surface area contributed by atoms with Crippen LogP contribution in [-0.2, 0) is 0 Å². The molecule has 1 aliphatic rings. The Morgan fingerprint density at radius 2 is 2.11 bits per heavy atom. The number of aryl methyl sites for hydroxylation is 1. The largest absolute Gasteiger partial charge is 0.338 e. The van der Waals surface area contributed by atoms with Crippen LogP contribution in [0, 0.1) is 12.8 Å². The van der Waals surface area contributed by atoms with Crippen LogP contribution in [0.4, 0.5) is 10.5 Å². The van der Waals surface area contributed by atoms with E-state index in [-0.39, 0.29) is 6.03 Å². The second-order valence-electron chi connectivity index (χ2n) is 5.36. The average Bonchev–Trinajstić information content (AvgIpc) is 2.43.